The van der Waals surface area contributed by atoms with Crippen LogP contribution in [0.5, 0.6) is 0 Å². The lowest BCUT2D eigenvalue weighted by molar-refractivity contribution is -0.137. The summed E-state index contributed by atoms with van der Waals surface area (Å²) in [5.41, 5.74) is 4.03. The predicted molar refractivity (Wildman–Crippen MR) is 87.4 cm³/mol. The molecule has 0 bridgehead atoms. The molecule has 2 aromatic carbocycles. The van der Waals surface area contributed by atoms with E-state index in [-0.39, 0.29) is 0 Å². The molecule has 6 heteroatoms. The second-order valence-corrected chi connectivity index (χ2v) is 5.10. The van der Waals surface area contributed by atoms with Crippen molar-refractivity contribution in [1.29, 1.82) is 0 Å². The fourth-order valence-corrected chi connectivity index (χ4v) is 1.82. The number of rotatable bonds is 4. The smallest absolute Gasteiger partial charge is 0.268 e. The van der Waals surface area contributed by atoms with Gasteiger partial charge in [-0.05, 0) is 36.3 Å². The highest BCUT2D eigenvalue weighted by Gasteiger charge is 2.29. The van der Waals surface area contributed by atoms with Crippen molar-refractivity contribution in [2.24, 2.45) is 5.10 Å². The number of nitrogens with zero attached hydrogens (tertiary/aromatic N) is 1. The Morgan fingerprint density at radius 1 is 1.00 bits per heavy atom. The van der Waals surface area contributed by atoms with E-state index in [0.717, 1.165) is 23.3 Å². The molecule has 1 amide bonds. The first-order chi connectivity index (χ1) is 11.3. The Kier molecular flexibility index (Phi) is 5.52. The average molecular weight is 332 g/mol. The van der Waals surface area contributed by atoms with E-state index < -0.39 is 17.6 Å². The number of hydrogen-bond acceptors (Lipinski definition) is 2. The van der Waals surface area contributed by atoms with Gasteiger partial charge in [0, 0.05) is 6.08 Å². The van der Waals surface area contributed by atoms with Crippen LogP contribution in [0.2, 0.25) is 0 Å². The summed E-state index contributed by atoms with van der Waals surface area (Å²) < 4.78 is 37.3. The van der Waals surface area contributed by atoms with Crippen LogP contribution in [0.4, 0.5) is 13.2 Å². The Hall–Kier alpha value is -2.89. The van der Waals surface area contributed by atoms with Crippen LogP contribution >= 0.6 is 0 Å². The largest absolute Gasteiger partial charge is 0.416 e. The second-order valence-electron chi connectivity index (χ2n) is 5.10. The van der Waals surface area contributed by atoms with E-state index in [4.69, 9.17) is 0 Å². The number of carbonyl (C=O) groups excluding carboxylic acids is 1. The predicted octanol–water partition coefficient (Wildman–Crippen LogP) is 4.18. The molecule has 0 atom stereocenters. The van der Waals surface area contributed by atoms with E-state index in [1.165, 1.54) is 30.5 Å². The second kappa shape index (κ2) is 7.59. The molecule has 0 saturated heterocycles. The van der Waals surface area contributed by atoms with Crippen LogP contribution in [0.15, 0.2) is 59.7 Å². The van der Waals surface area contributed by atoms with Crippen LogP contribution in [-0.2, 0) is 11.0 Å². The zero-order valence-corrected chi connectivity index (χ0v) is 12.8. The van der Waals surface area contributed by atoms with Crippen LogP contribution in [0.1, 0.15) is 22.3 Å². The van der Waals surface area contributed by atoms with Crippen molar-refractivity contribution in [3.05, 3.63) is 76.9 Å². The van der Waals surface area contributed by atoms with Gasteiger partial charge in [-0.1, -0.05) is 42.0 Å². The Bertz CT molecular complexity index is 745. The standard InChI is InChI=1S/C18H15F3N2O/c1-13-2-4-15(5-3-13)12-22-23-17(24)11-8-14-6-9-16(10-7-14)18(19,20)21/h2-12H,1H3,(H,23,24)/b11-8+,22-12+. The molecule has 0 radical (unpaired) electrons. The lowest BCUT2D eigenvalue weighted by Gasteiger charge is -2.05. The molecular formula is C18H15F3N2O. The topological polar surface area (TPSA) is 41.5 Å². The third-order valence-electron chi connectivity index (χ3n) is 3.13. The van der Waals surface area contributed by atoms with E-state index in [1.54, 1.807) is 0 Å². The summed E-state index contributed by atoms with van der Waals surface area (Å²) in [6.45, 7) is 1.97. The van der Waals surface area contributed by atoms with Gasteiger partial charge in [0.1, 0.15) is 0 Å². The molecule has 0 aliphatic heterocycles. The Morgan fingerprint density at radius 3 is 2.17 bits per heavy atom. The van der Waals surface area contributed by atoms with E-state index >= 15 is 0 Å². The monoisotopic (exact) mass is 332 g/mol. The minimum absolute atomic E-state index is 0.474. The van der Waals surface area contributed by atoms with Gasteiger partial charge in [-0.15, -0.1) is 0 Å². The average Bonchev–Trinajstić information content (AvgIpc) is 2.54. The lowest BCUT2D eigenvalue weighted by atomic mass is 10.1. The highest BCUT2D eigenvalue weighted by molar-refractivity contribution is 5.92. The van der Waals surface area contributed by atoms with Crippen molar-refractivity contribution in [1.82, 2.24) is 5.43 Å². The molecule has 24 heavy (non-hydrogen) atoms. The van der Waals surface area contributed by atoms with Gasteiger partial charge in [-0.25, -0.2) is 5.43 Å². The first-order valence-corrected chi connectivity index (χ1v) is 7.09. The van der Waals surface area contributed by atoms with Gasteiger partial charge in [0.25, 0.3) is 5.91 Å². The van der Waals surface area contributed by atoms with Crippen LogP contribution in [0.3, 0.4) is 0 Å². The molecule has 0 heterocycles. The maximum atomic E-state index is 12.4. The quantitative estimate of drug-likeness (QED) is 0.509. The summed E-state index contributed by atoms with van der Waals surface area (Å²) in [6.07, 6.45) is -0.250. The summed E-state index contributed by atoms with van der Waals surface area (Å²) in [6, 6.07) is 12.1. The van der Waals surface area contributed by atoms with Crippen LogP contribution in [-0.4, -0.2) is 12.1 Å². The number of hydrogen-bond donors (Lipinski definition) is 1. The van der Waals surface area contributed by atoms with Gasteiger partial charge in [-0.3, -0.25) is 4.79 Å². The first kappa shape index (κ1) is 17.5. The highest BCUT2D eigenvalue weighted by Crippen LogP contribution is 2.29. The van der Waals surface area contributed by atoms with Gasteiger partial charge >= 0.3 is 6.18 Å². The molecule has 2 rings (SSSR count). The third-order valence-corrected chi connectivity index (χ3v) is 3.13. The van der Waals surface area contributed by atoms with Crippen molar-refractivity contribution < 1.29 is 18.0 Å². The van der Waals surface area contributed by atoms with Crippen molar-refractivity contribution in [3.8, 4) is 0 Å². The molecular weight excluding hydrogens is 317 g/mol. The maximum absolute atomic E-state index is 12.4. The SMILES string of the molecule is Cc1ccc(/C=N/NC(=O)/C=C/c2ccc(C(F)(F)F)cc2)cc1. The number of nitrogens with one attached hydrogen (secondary N) is 1. The van der Waals surface area contributed by atoms with E-state index in [2.05, 4.69) is 10.5 Å². The van der Waals surface area contributed by atoms with Gasteiger partial charge in [0.2, 0.25) is 0 Å². The summed E-state index contributed by atoms with van der Waals surface area (Å²) in [5, 5.41) is 3.81. The molecule has 0 aromatic heterocycles. The van der Waals surface area contributed by atoms with E-state index in [1.807, 2.05) is 31.2 Å². The molecule has 3 nitrogen and oxygen atoms in total. The number of amides is 1. The summed E-state index contributed by atoms with van der Waals surface area (Å²) in [4.78, 5) is 11.6. The zero-order valence-electron chi connectivity index (χ0n) is 12.8. The zero-order chi connectivity index (χ0) is 17.6. The van der Waals surface area contributed by atoms with Gasteiger partial charge in [-0.2, -0.15) is 18.3 Å². The Morgan fingerprint density at radius 2 is 1.58 bits per heavy atom. The van der Waals surface area contributed by atoms with Gasteiger partial charge in [0.05, 0.1) is 11.8 Å². The minimum atomic E-state index is -4.37. The third kappa shape index (κ3) is 5.39. The number of benzene rings is 2. The maximum Gasteiger partial charge on any atom is 0.416 e. The number of aryl methyl sites for hydroxylation is 1. The minimum Gasteiger partial charge on any atom is -0.268 e. The van der Waals surface area contributed by atoms with E-state index in [9.17, 15) is 18.0 Å². The summed E-state index contributed by atoms with van der Waals surface area (Å²) >= 11 is 0. The van der Waals surface area contributed by atoms with Crippen molar-refractivity contribution in [3.63, 3.8) is 0 Å². The molecule has 0 spiro atoms. The molecule has 0 fully saturated rings. The first-order valence-electron chi connectivity index (χ1n) is 7.09. The van der Waals surface area contributed by atoms with Crippen molar-refractivity contribution in [2.45, 2.75) is 13.1 Å². The molecule has 2 aromatic rings. The molecule has 0 unspecified atom stereocenters. The Balaban J connectivity index is 1.89. The van der Waals surface area contributed by atoms with Crippen LogP contribution in [0.25, 0.3) is 6.08 Å². The van der Waals surface area contributed by atoms with Crippen LogP contribution < -0.4 is 5.43 Å². The fraction of sp³-hybridized carbons (Fsp3) is 0.111. The van der Waals surface area contributed by atoms with Crippen molar-refractivity contribution >= 4 is 18.2 Å². The van der Waals surface area contributed by atoms with Gasteiger partial charge in [0.15, 0.2) is 0 Å². The van der Waals surface area contributed by atoms with E-state index in [0.29, 0.717) is 5.56 Å². The highest BCUT2D eigenvalue weighted by atomic mass is 19.4. The fourth-order valence-electron chi connectivity index (χ4n) is 1.82. The molecule has 124 valence electrons. The summed E-state index contributed by atoms with van der Waals surface area (Å²) in [5.74, 6) is -0.474. The Labute approximate surface area is 137 Å². The number of halogens is 3. The summed E-state index contributed by atoms with van der Waals surface area (Å²) in [7, 11) is 0. The molecule has 0 saturated carbocycles. The molecule has 0 aliphatic carbocycles. The number of alkyl halides is 3. The molecule has 0 aliphatic rings. The molecule has 1 N–H and O–H groups in total. The normalized spacial score (nSPS) is 12.0. The number of carbonyl (C=O) groups is 1. The van der Waals surface area contributed by atoms with Gasteiger partial charge < -0.3 is 0 Å². The lowest BCUT2D eigenvalue weighted by Crippen LogP contribution is -2.14. The number of hydrazone groups is 1. The van der Waals surface area contributed by atoms with Crippen molar-refractivity contribution in [2.75, 3.05) is 0 Å². The van der Waals surface area contributed by atoms with Crippen LogP contribution in [0, 0.1) is 6.92 Å².